The molecule has 0 bridgehead atoms. The van der Waals surface area contributed by atoms with E-state index in [1.54, 1.807) is 12.1 Å². The van der Waals surface area contributed by atoms with Gasteiger partial charge >= 0.3 is 0 Å². The Kier molecular flexibility index (Phi) is 6.44. The van der Waals surface area contributed by atoms with Crippen molar-refractivity contribution in [3.63, 3.8) is 0 Å². The third-order valence-electron chi connectivity index (χ3n) is 6.06. The lowest BCUT2D eigenvalue weighted by Crippen LogP contribution is -2.56. The number of halogens is 1. The maximum atomic E-state index is 13.0. The number of benzene rings is 1. The van der Waals surface area contributed by atoms with Crippen LogP contribution in [0.25, 0.3) is 0 Å². The van der Waals surface area contributed by atoms with Crippen molar-refractivity contribution in [1.82, 2.24) is 9.80 Å². The lowest BCUT2D eigenvalue weighted by molar-refractivity contribution is -0.155. The summed E-state index contributed by atoms with van der Waals surface area (Å²) in [7, 11) is 0. The molecule has 0 radical (unpaired) electrons. The first-order valence-electron chi connectivity index (χ1n) is 10.3. The highest BCUT2D eigenvalue weighted by atomic mass is 19.1. The fourth-order valence-electron chi connectivity index (χ4n) is 4.43. The summed E-state index contributed by atoms with van der Waals surface area (Å²) in [6.07, 6.45) is 4.09. The molecule has 7 heteroatoms. The first-order chi connectivity index (χ1) is 13.7. The normalized spacial score (nSPS) is 25.8. The molecule has 0 N–H and O–H groups in total. The summed E-state index contributed by atoms with van der Waals surface area (Å²) in [5, 5.41) is 0. The average molecular weight is 392 g/mol. The monoisotopic (exact) mass is 392 g/mol. The van der Waals surface area contributed by atoms with Gasteiger partial charge in [-0.1, -0.05) is 0 Å². The zero-order valence-corrected chi connectivity index (χ0v) is 16.2. The smallest absolute Gasteiger partial charge is 0.248 e. The minimum absolute atomic E-state index is 0.0718. The van der Waals surface area contributed by atoms with Gasteiger partial charge in [-0.25, -0.2) is 4.39 Å². The molecule has 1 atom stereocenters. The number of hydrogen-bond donors (Lipinski definition) is 0. The summed E-state index contributed by atoms with van der Waals surface area (Å²) in [6, 6.07) is 6.87. The van der Waals surface area contributed by atoms with Crippen LogP contribution in [0.3, 0.4) is 0 Å². The van der Waals surface area contributed by atoms with E-state index in [4.69, 9.17) is 14.2 Å². The van der Waals surface area contributed by atoms with Crippen molar-refractivity contribution >= 4 is 5.91 Å². The van der Waals surface area contributed by atoms with E-state index in [0.717, 1.165) is 52.0 Å². The lowest BCUT2D eigenvalue weighted by atomic mass is 9.98. The van der Waals surface area contributed by atoms with Gasteiger partial charge in [0, 0.05) is 38.4 Å². The number of carbonyl (C=O) groups excluding carboxylic acids is 1. The number of hydrogen-bond acceptors (Lipinski definition) is 5. The van der Waals surface area contributed by atoms with Crippen LogP contribution < -0.4 is 4.74 Å². The summed E-state index contributed by atoms with van der Waals surface area (Å²) in [6.45, 7) is 4.83. The van der Waals surface area contributed by atoms with Gasteiger partial charge in [0.25, 0.3) is 0 Å². The van der Waals surface area contributed by atoms with Crippen LogP contribution in [-0.4, -0.2) is 80.0 Å². The Bertz CT molecular complexity index is 642. The number of nitrogens with zero attached hydrogens (tertiary/aromatic N) is 2. The van der Waals surface area contributed by atoms with Gasteiger partial charge in [0.1, 0.15) is 30.9 Å². The average Bonchev–Trinajstić information content (AvgIpc) is 2.75. The summed E-state index contributed by atoms with van der Waals surface area (Å²) in [5.41, 5.74) is 0. The number of rotatable bonds is 5. The van der Waals surface area contributed by atoms with Crippen molar-refractivity contribution in [1.29, 1.82) is 0 Å². The van der Waals surface area contributed by atoms with Gasteiger partial charge in [-0.05, 0) is 49.9 Å². The Labute approximate surface area is 165 Å². The number of amides is 1. The second-order valence-corrected chi connectivity index (χ2v) is 7.85. The standard InChI is InChI=1S/C21H29FN2O4/c22-16-1-3-19(4-2-16)27-14-20-13-24(21(25)15-28-20)18-5-9-23(10-6-18)17-7-11-26-12-8-17/h1-4,17-18,20H,5-15H2. The molecule has 6 nitrogen and oxygen atoms in total. The summed E-state index contributed by atoms with van der Waals surface area (Å²) in [5.74, 6) is 0.394. The van der Waals surface area contributed by atoms with E-state index in [1.165, 1.54) is 12.1 Å². The fraction of sp³-hybridized carbons (Fsp3) is 0.667. The molecule has 0 spiro atoms. The molecule has 3 heterocycles. The molecule has 1 unspecified atom stereocenters. The number of likely N-dealkylation sites (tertiary alicyclic amines) is 1. The predicted octanol–water partition coefficient (Wildman–Crippen LogP) is 2.08. The molecule has 0 saturated carbocycles. The maximum Gasteiger partial charge on any atom is 0.248 e. The van der Waals surface area contributed by atoms with E-state index in [9.17, 15) is 9.18 Å². The largest absolute Gasteiger partial charge is 0.491 e. The second kappa shape index (κ2) is 9.20. The van der Waals surface area contributed by atoms with Crippen LogP contribution in [0.1, 0.15) is 25.7 Å². The van der Waals surface area contributed by atoms with E-state index in [0.29, 0.717) is 24.9 Å². The van der Waals surface area contributed by atoms with E-state index in [1.807, 2.05) is 4.90 Å². The predicted molar refractivity (Wildman–Crippen MR) is 102 cm³/mol. The van der Waals surface area contributed by atoms with Crippen LogP contribution in [0.15, 0.2) is 24.3 Å². The zero-order chi connectivity index (χ0) is 19.3. The van der Waals surface area contributed by atoms with Crippen LogP contribution in [0.2, 0.25) is 0 Å². The molecular formula is C21H29FN2O4. The molecule has 0 aromatic heterocycles. The molecule has 3 fully saturated rings. The molecule has 0 aliphatic carbocycles. The SMILES string of the molecule is O=C1COC(COc2ccc(F)cc2)CN1C1CCN(C2CCOCC2)CC1. The zero-order valence-electron chi connectivity index (χ0n) is 16.2. The Hall–Kier alpha value is -1.70. The molecule has 3 aliphatic rings. The van der Waals surface area contributed by atoms with Crippen molar-refractivity contribution in [2.45, 2.75) is 43.9 Å². The summed E-state index contributed by atoms with van der Waals surface area (Å²) >= 11 is 0. The van der Waals surface area contributed by atoms with Crippen molar-refractivity contribution in [2.24, 2.45) is 0 Å². The third-order valence-corrected chi connectivity index (χ3v) is 6.06. The van der Waals surface area contributed by atoms with Gasteiger partial charge in [0.15, 0.2) is 0 Å². The fourth-order valence-corrected chi connectivity index (χ4v) is 4.43. The van der Waals surface area contributed by atoms with E-state index in [-0.39, 0.29) is 30.5 Å². The van der Waals surface area contributed by atoms with Gasteiger partial charge < -0.3 is 24.0 Å². The minimum Gasteiger partial charge on any atom is -0.491 e. The van der Waals surface area contributed by atoms with Gasteiger partial charge in [-0.15, -0.1) is 0 Å². The highest BCUT2D eigenvalue weighted by Gasteiger charge is 2.35. The lowest BCUT2D eigenvalue weighted by Gasteiger charge is -2.44. The summed E-state index contributed by atoms with van der Waals surface area (Å²) < 4.78 is 29.8. The number of ether oxygens (including phenoxy) is 3. The number of piperidine rings is 1. The first kappa shape index (κ1) is 19.6. The highest BCUT2D eigenvalue weighted by molar-refractivity contribution is 5.78. The second-order valence-electron chi connectivity index (χ2n) is 7.85. The Morgan fingerprint density at radius 1 is 1.04 bits per heavy atom. The number of morpholine rings is 1. The third kappa shape index (κ3) is 4.82. The van der Waals surface area contributed by atoms with Crippen molar-refractivity contribution in [3.8, 4) is 5.75 Å². The highest BCUT2D eigenvalue weighted by Crippen LogP contribution is 2.24. The molecule has 1 amide bonds. The molecule has 28 heavy (non-hydrogen) atoms. The molecule has 3 saturated heterocycles. The van der Waals surface area contributed by atoms with Crippen LogP contribution in [-0.2, 0) is 14.3 Å². The Morgan fingerprint density at radius 3 is 2.46 bits per heavy atom. The van der Waals surface area contributed by atoms with Crippen LogP contribution in [0.4, 0.5) is 4.39 Å². The van der Waals surface area contributed by atoms with Gasteiger partial charge in [0.2, 0.25) is 5.91 Å². The van der Waals surface area contributed by atoms with Crippen LogP contribution >= 0.6 is 0 Å². The minimum atomic E-state index is -0.287. The Morgan fingerprint density at radius 2 is 1.75 bits per heavy atom. The van der Waals surface area contributed by atoms with Gasteiger partial charge in [-0.3, -0.25) is 4.79 Å². The Balaban J connectivity index is 1.26. The molecule has 1 aromatic carbocycles. The van der Waals surface area contributed by atoms with E-state index in [2.05, 4.69) is 4.90 Å². The van der Waals surface area contributed by atoms with Crippen molar-refractivity contribution < 1.29 is 23.4 Å². The molecule has 4 rings (SSSR count). The van der Waals surface area contributed by atoms with Crippen LogP contribution in [0, 0.1) is 5.82 Å². The summed E-state index contributed by atoms with van der Waals surface area (Å²) in [4.78, 5) is 17.0. The van der Waals surface area contributed by atoms with E-state index < -0.39 is 0 Å². The van der Waals surface area contributed by atoms with Crippen molar-refractivity contribution in [3.05, 3.63) is 30.1 Å². The quantitative estimate of drug-likeness (QED) is 0.768. The van der Waals surface area contributed by atoms with Crippen molar-refractivity contribution in [2.75, 3.05) is 46.1 Å². The number of carbonyl (C=O) groups is 1. The molecular weight excluding hydrogens is 363 g/mol. The molecule has 154 valence electrons. The van der Waals surface area contributed by atoms with Crippen LogP contribution in [0.5, 0.6) is 5.75 Å². The topological polar surface area (TPSA) is 51.2 Å². The first-order valence-corrected chi connectivity index (χ1v) is 10.3. The maximum absolute atomic E-state index is 13.0. The molecule has 1 aromatic rings. The van der Waals surface area contributed by atoms with Gasteiger partial charge in [-0.2, -0.15) is 0 Å². The van der Waals surface area contributed by atoms with Gasteiger partial charge in [0.05, 0.1) is 6.54 Å². The van der Waals surface area contributed by atoms with E-state index >= 15 is 0 Å². The molecule has 3 aliphatic heterocycles.